The quantitative estimate of drug-likeness (QED) is 0.606. The molecular weight excluding hydrogens is 204 g/mol. The van der Waals surface area contributed by atoms with Gasteiger partial charge in [-0.05, 0) is 0 Å². The van der Waals surface area contributed by atoms with Gasteiger partial charge in [0.05, 0.1) is 0 Å². The summed E-state index contributed by atoms with van der Waals surface area (Å²) in [6.07, 6.45) is 0. The Kier molecular flexibility index (Phi) is 3.32. The van der Waals surface area contributed by atoms with E-state index in [1.807, 2.05) is 0 Å². The van der Waals surface area contributed by atoms with E-state index < -0.39 is 32.2 Å². The second-order valence-electron chi connectivity index (χ2n) is 1.62. The molecule has 0 fully saturated rings. The molecule has 0 amide bonds. The van der Waals surface area contributed by atoms with Gasteiger partial charge in [0.1, 0.15) is 11.8 Å². The molecule has 0 aliphatic carbocycles. The van der Waals surface area contributed by atoms with Crippen molar-refractivity contribution in [1.82, 2.24) is 5.32 Å². The predicted octanol–water partition coefficient (Wildman–Crippen LogP) is -0.910. The molecule has 0 atom stereocenters. The van der Waals surface area contributed by atoms with Crippen LogP contribution in [0, 0.1) is 0 Å². The molecule has 0 radical (unpaired) electrons. The Bertz CT molecular complexity index is 273. The lowest BCUT2D eigenvalue weighted by atomic mass is 11.2. The topological polar surface area (TPSA) is 80.3 Å². The maximum atomic E-state index is 11.6. The minimum atomic E-state index is -4.79. The second kappa shape index (κ2) is 3.41. The highest BCUT2D eigenvalue weighted by Gasteiger charge is 2.10. The Morgan fingerprint density at radius 3 is 1.36 bits per heavy atom. The van der Waals surface area contributed by atoms with E-state index in [0.29, 0.717) is 0 Å². The fraction of sp³-hybridized carbons (Fsp3) is 1.00. The van der Waals surface area contributed by atoms with Crippen LogP contribution in [0.15, 0.2) is 0 Å². The average molecular weight is 209 g/mol. The van der Waals surface area contributed by atoms with Gasteiger partial charge in [0.2, 0.25) is 0 Å². The van der Waals surface area contributed by atoms with Crippen molar-refractivity contribution in [2.45, 2.75) is 0 Å². The van der Waals surface area contributed by atoms with E-state index in [4.69, 9.17) is 0 Å². The highest BCUT2D eigenvalue weighted by molar-refractivity contribution is 7.87. The van der Waals surface area contributed by atoms with Crippen LogP contribution in [0.3, 0.4) is 0 Å². The first-order valence-corrected chi connectivity index (χ1v) is 5.36. The lowest BCUT2D eigenvalue weighted by molar-refractivity contribution is 0.537. The third-order valence-electron chi connectivity index (χ3n) is 0.549. The van der Waals surface area contributed by atoms with Gasteiger partial charge in [0, 0.05) is 0 Å². The zero-order chi connectivity index (χ0) is 9.12. The Labute approximate surface area is 62.8 Å². The summed E-state index contributed by atoms with van der Waals surface area (Å²) >= 11 is 0. The Hall–Kier alpha value is -0.280. The van der Waals surface area contributed by atoms with Gasteiger partial charge in [-0.3, -0.25) is 5.32 Å². The van der Waals surface area contributed by atoms with Crippen LogP contribution in [0.5, 0.6) is 0 Å². The fourth-order valence-electron chi connectivity index (χ4n) is 0.285. The number of halogens is 2. The Morgan fingerprint density at radius 1 is 0.909 bits per heavy atom. The van der Waals surface area contributed by atoms with Crippen molar-refractivity contribution in [1.29, 1.82) is 0 Å². The van der Waals surface area contributed by atoms with Crippen molar-refractivity contribution < 1.29 is 24.6 Å². The average Bonchev–Trinajstić information content (AvgIpc) is 1.55. The molecule has 0 bridgehead atoms. The van der Waals surface area contributed by atoms with Gasteiger partial charge in [-0.15, -0.1) is 7.77 Å². The number of nitrogens with one attached hydrogen (secondary N) is 1. The summed E-state index contributed by atoms with van der Waals surface area (Å²) in [6.45, 7) is 0. The molecule has 68 valence electrons. The largest absolute Gasteiger partial charge is 0.315 e. The van der Waals surface area contributed by atoms with Crippen LogP contribution in [0.2, 0.25) is 0 Å². The summed E-state index contributed by atoms with van der Waals surface area (Å²) in [6, 6.07) is 0. The monoisotopic (exact) mass is 209 g/mol. The summed E-state index contributed by atoms with van der Waals surface area (Å²) in [5.74, 6) is -2.42. The van der Waals surface area contributed by atoms with Gasteiger partial charge < -0.3 is 0 Å². The van der Waals surface area contributed by atoms with E-state index in [9.17, 15) is 24.6 Å². The molecule has 0 spiro atoms. The van der Waals surface area contributed by atoms with Crippen LogP contribution >= 0.6 is 0 Å². The van der Waals surface area contributed by atoms with Gasteiger partial charge in [0.15, 0.2) is 0 Å². The molecule has 0 aromatic rings. The number of rotatable bonds is 4. The van der Waals surface area contributed by atoms with Crippen molar-refractivity contribution >= 4 is 20.4 Å². The number of hydrogen-bond donors (Lipinski definition) is 1. The fourth-order valence-corrected chi connectivity index (χ4v) is 1.11. The van der Waals surface area contributed by atoms with Crippen LogP contribution < -0.4 is 5.32 Å². The van der Waals surface area contributed by atoms with Crippen LogP contribution in [0.4, 0.5) is 7.77 Å². The van der Waals surface area contributed by atoms with Crippen LogP contribution in [-0.4, -0.2) is 28.6 Å². The van der Waals surface area contributed by atoms with Crippen LogP contribution in [-0.2, 0) is 20.4 Å². The van der Waals surface area contributed by atoms with Gasteiger partial charge in [-0.1, -0.05) is 0 Å². The molecule has 0 heterocycles. The summed E-state index contributed by atoms with van der Waals surface area (Å²) < 4.78 is 61.8. The standard InChI is InChI=1S/C2H5F2NO4S2/c3-10(6,7)1-5-2-11(4,8)9/h5H,1-2H2. The molecule has 0 saturated carbocycles. The van der Waals surface area contributed by atoms with Crippen LogP contribution in [0.1, 0.15) is 0 Å². The van der Waals surface area contributed by atoms with Gasteiger partial charge >= 0.3 is 20.4 Å². The number of hydrogen-bond acceptors (Lipinski definition) is 5. The van der Waals surface area contributed by atoms with Crippen molar-refractivity contribution in [3.05, 3.63) is 0 Å². The minimum absolute atomic E-state index is 1.21. The molecule has 0 rings (SSSR count). The molecule has 0 aromatic heterocycles. The second-order valence-corrected chi connectivity index (χ2v) is 4.35. The summed E-state index contributed by atoms with van der Waals surface area (Å²) in [5.41, 5.74) is 0. The SMILES string of the molecule is O=S(=O)(F)CNCS(=O)(=O)F. The zero-order valence-corrected chi connectivity index (χ0v) is 6.75. The van der Waals surface area contributed by atoms with E-state index in [-0.39, 0.29) is 0 Å². The van der Waals surface area contributed by atoms with Crippen molar-refractivity contribution in [3.8, 4) is 0 Å². The first-order valence-electron chi connectivity index (χ1n) is 2.26. The lowest BCUT2D eigenvalue weighted by Crippen LogP contribution is -2.25. The lowest BCUT2D eigenvalue weighted by Gasteiger charge is -1.94. The Balaban J connectivity index is 3.79. The molecule has 0 saturated heterocycles. The van der Waals surface area contributed by atoms with Gasteiger partial charge in [-0.25, -0.2) is 0 Å². The molecule has 1 N–H and O–H groups in total. The minimum Gasteiger partial charge on any atom is -0.286 e. The molecule has 5 nitrogen and oxygen atoms in total. The highest BCUT2D eigenvalue weighted by atomic mass is 32.3. The van der Waals surface area contributed by atoms with Crippen LogP contribution in [0.25, 0.3) is 0 Å². The van der Waals surface area contributed by atoms with E-state index in [0.717, 1.165) is 0 Å². The van der Waals surface area contributed by atoms with Crippen molar-refractivity contribution in [3.63, 3.8) is 0 Å². The maximum absolute atomic E-state index is 11.6. The Morgan fingerprint density at radius 2 is 1.18 bits per heavy atom. The third-order valence-corrected chi connectivity index (χ3v) is 1.65. The molecule has 0 aliphatic heterocycles. The molecule has 0 unspecified atom stereocenters. The molecule has 9 heteroatoms. The summed E-state index contributed by atoms with van der Waals surface area (Å²) in [4.78, 5) is 0. The summed E-state index contributed by atoms with van der Waals surface area (Å²) in [5, 5.41) is 1.54. The highest BCUT2D eigenvalue weighted by Crippen LogP contribution is 1.89. The molecular formula is C2H5F2NO4S2. The smallest absolute Gasteiger partial charge is 0.286 e. The van der Waals surface area contributed by atoms with Crippen molar-refractivity contribution in [2.75, 3.05) is 11.8 Å². The van der Waals surface area contributed by atoms with E-state index in [2.05, 4.69) is 0 Å². The first-order chi connectivity index (χ1) is 4.71. The van der Waals surface area contributed by atoms with Crippen molar-refractivity contribution in [2.24, 2.45) is 0 Å². The first kappa shape index (κ1) is 10.7. The summed E-state index contributed by atoms with van der Waals surface area (Å²) in [7, 11) is -9.58. The molecule has 11 heavy (non-hydrogen) atoms. The molecule has 0 aromatic carbocycles. The predicted molar refractivity (Wildman–Crippen MR) is 32.9 cm³/mol. The zero-order valence-electron chi connectivity index (χ0n) is 5.12. The molecule has 0 aliphatic rings. The van der Waals surface area contributed by atoms with Gasteiger partial charge in [0.25, 0.3) is 0 Å². The third kappa shape index (κ3) is 9.72. The normalized spacial score (nSPS) is 13.3. The van der Waals surface area contributed by atoms with E-state index in [1.165, 1.54) is 5.32 Å². The van der Waals surface area contributed by atoms with E-state index >= 15 is 0 Å². The van der Waals surface area contributed by atoms with Gasteiger partial charge in [-0.2, -0.15) is 16.8 Å². The van der Waals surface area contributed by atoms with E-state index in [1.54, 1.807) is 0 Å². The maximum Gasteiger partial charge on any atom is 0.315 e.